The van der Waals surface area contributed by atoms with E-state index >= 15 is 0 Å². The maximum atomic E-state index is 10.6. The Morgan fingerprint density at radius 3 is 3.12 bits per heavy atom. The minimum Gasteiger partial charge on any atom is -0.394 e. The number of anilines is 1. The molecule has 0 radical (unpaired) electrons. The van der Waals surface area contributed by atoms with Crippen molar-refractivity contribution in [3.05, 3.63) is 16.3 Å². The number of ether oxygens (including phenoxy) is 1. The van der Waals surface area contributed by atoms with Crippen molar-refractivity contribution in [3.63, 3.8) is 0 Å². The lowest BCUT2D eigenvalue weighted by atomic mass is 10.2. The summed E-state index contributed by atoms with van der Waals surface area (Å²) < 4.78 is 5.56. The molecule has 88 valence electrons. The van der Waals surface area contributed by atoms with Crippen molar-refractivity contribution >= 4 is 23.3 Å². The highest BCUT2D eigenvalue weighted by atomic mass is 32.1. The van der Waals surface area contributed by atoms with E-state index in [9.17, 15) is 4.79 Å². The van der Waals surface area contributed by atoms with Gasteiger partial charge in [-0.05, 0) is 13.0 Å². The molecule has 1 aromatic heterocycles. The molecule has 1 N–H and O–H groups in total. The average molecular weight is 241 g/mol. The highest BCUT2D eigenvalue weighted by Crippen LogP contribution is 2.25. The van der Waals surface area contributed by atoms with Crippen LogP contribution in [0.15, 0.2) is 11.4 Å². The molecule has 0 saturated carbocycles. The van der Waals surface area contributed by atoms with Crippen LogP contribution in [0.3, 0.4) is 0 Å². The Morgan fingerprint density at radius 1 is 1.69 bits per heavy atom. The predicted octanol–water partition coefficient (Wildman–Crippen LogP) is 1.15. The maximum absolute atomic E-state index is 10.6. The summed E-state index contributed by atoms with van der Waals surface area (Å²) in [7, 11) is 0. The number of carbonyl (C=O) groups excluding carboxylic acids is 1. The zero-order valence-electron chi connectivity index (χ0n) is 9.13. The number of aldehydes is 1. The lowest BCUT2D eigenvalue weighted by Gasteiger charge is -2.36. The van der Waals surface area contributed by atoms with Crippen LogP contribution in [0.2, 0.25) is 0 Å². The average Bonchev–Trinajstić information content (AvgIpc) is 2.76. The summed E-state index contributed by atoms with van der Waals surface area (Å²) in [6.45, 7) is 3.49. The predicted molar refractivity (Wildman–Crippen MR) is 63.3 cm³/mol. The molecule has 5 heteroatoms. The Kier molecular flexibility index (Phi) is 3.58. The number of hydrogen-bond acceptors (Lipinski definition) is 5. The summed E-state index contributed by atoms with van der Waals surface area (Å²) in [6.07, 6.45) is 0.829. The molecule has 2 rings (SSSR count). The fourth-order valence-electron chi connectivity index (χ4n) is 1.93. The van der Waals surface area contributed by atoms with Crippen LogP contribution in [-0.4, -0.2) is 43.3 Å². The summed E-state index contributed by atoms with van der Waals surface area (Å²) in [5, 5.41) is 11.1. The SMILES string of the molecule is CC1CN(c2csc(C=O)c2)CC(CO)O1. The second-order valence-electron chi connectivity index (χ2n) is 3.98. The highest BCUT2D eigenvalue weighted by Gasteiger charge is 2.25. The van der Waals surface area contributed by atoms with E-state index in [4.69, 9.17) is 9.84 Å². The topological polar surface area (TPSA) is 49.8 Å². The standard InChI is InChI=1S/C11H15NO3S/c1-8-3-12(4-10(5-13)15-8)9-2-11(6-14)16-7-9/h2,6-8,10,13H,3-5H2,1H3. The van der Waals surface area contributed by atoms with Crippen LogP contribution < -0.4 is 4.90 Å². The number of hydrogen-bond donors (Lipinski definition) is 1. The Balaban J connectivity index is 2.10. The molecule has 16 heavy (non-hydrogen) atoms. The smallest absolute Gasteiger partial charge is 0.160 e. The number of nitrogens with zero attached hydrogens (tertiary/aromatic N) is 1. The van der Waals surface area contributed by atoms with Crippen LogP contribution in [0.25, 0.3) is 0 Å². The van der Waals surface area contributed by atoms with E-state index in [1.807, 2.05) is 18.4 Å². The van der Waals surface area contributed by atoms with Gasteiger partial charge in [-0.15, -0.1) is 11.3 Å². The van der Waals surface area contributed by atoms with E-state index in [1.165, 1.54) is 11.3 Å². The summed E-state index contributed by atoms with van der Waals surface area (Å²) in [5.74, 6) is 0. The van der Waals surface area contributed by atoms with Crippen molar-refractivity contribution in [2.75, 3.05) is 24.6 Å². The van der Waals surface area contributed by atoms with Gasteiger partial charge in [0.2, 0.25) is 0 Å². The van der Waals surface area contributed by atoms with Gasteiger partial charge in [-0.3, -0.25) is 4.79 Å². The van der Waals surface area contributed by atoms with Gasteiger partial charge >= 0.3 is 0 Å². The highest BCUT2D eigenvalue weighted by molar-refractivity contribution is 7.12. The summed E-state index contributed by atoms with van der Waals surface area (Å²) >= 11 is 1.44. The van der Waals surface area contributed by atoms with Gasteiger partial charge in [-0.25, -0.2) is 0 Å². The van der Waals surface area contributed by atoms with E-state index in [0.717, 1.165) is 23.4 Å². The molecule has 1 aliphatic heterocycles. The zero-order chi connectivity index (χ0) is 11.5. The fraction of sp³-hybridized carbons (Fsp3) is 0.545. The van der Waals surface area contributed by atoms with E-state index in [-0.39, 0.29) is 18.8 Å². The summed E-state index contributed by atoms with van der Waals surface area (Å²) in [6, 6.07) is 1.88. The molecule has 2 heterocycles. The number of rotatable bonds is 3. The van der Waals surface area contributed by atoms with Crippen LogP contribution in [0.4, 0.5) is 5.69 Å². The number of morpholine rings is 1. The normalized spacial score (nSPS) is 25.8. The maximum Gasteiger partial charge on any atom is 0.160 e. The van der Waals surface area contributed by atoms with Gasteiger partial charge in [0.1, 0.15) is 0 Å². The second kappa shape index (κ2) is 4.95. The van der Waals surface area contributed by atoms with Crippen LogP contribution in [0.1, 0.15) is 16.6 Å². The number of aliphatic hydroxyl groups excluding tert-OH is 1. The van der Waals surface area contributed by atoms with E-state index in [2.05, 4.69) is 4.90 Å². The molecule has 0 bridgehead atoms. The van der Waals surface area contributed by atoms with Crippen LogP contribution in [0.5, 0.6) is 0 Å². The zero-order valence-corrected chi connectivity index (χ0v) is 9.94. The van der Waals surface area contributed by atoms with E-state index in [1.54, 1.807) is 0 Å². The van der Waals surface area contributed by atoms with Gasteiger partial charge in [0.25, 0.3) is 0 Å². The largest absolute Gasteiger partial charge is 0.394 e. The number of aliphatic hydroxyl groups is 1. The molecular weight excluding hydrogens is 226 g/mol. The molecule has 2 unspecified atom stereocenters. The van der Waals surface area contributed by atoms with Crippen molar-refractivity contribution in [3.8, 4) is 0 Å². The van der Waals surface area contributed by atoms with Crippen molar-refractivity contribution in [1.82, 2.24) is 0 Å². The first-order chi connectivity index (χ1) is 7.72. The molecule has 4 nitrogen and oxygen atoms in total. The molecule has 1 saturated heterocycles. The van der Waals surface area contributed by atoms with Crippen LogP contribution >= 0.6 is 11.3 Å². The third kappa shape index (κ3) is 2.42. The Hall–Kier alpha value is -0.910. The van der Waals surface area contributed by atoms with E-state index in [0.29, 0.717) is 6.54 Å². The van der Waals surface area contributed by atoms with Gasteiger partial charge in [-0.2, -0.15) is 0 Å². The first-order valence-electron chi connectivity index (χ1n) is 5.28. The Bertz CT molecular complexity index is 366. The monoisotopic (exact) mass is 241 g/mol. The van der Waals surface area contributed by atoms with Gasteiger partial charge in [0.05, 0.1) is 23.7 Å². The molecule has 0 aromatic carbocycles. The van der Waals surface area contributed by atoms with Crippen molar-refractivity contribution in [2.24, 2.45) is 0 Å². The summed E-state index contributed by atoms with van der Waals surface area (Å²) in [5.41, 5.74) is 1.04. The van der Waals surface area contributed by atoms with Crippen LogP contribution in [0, 0.1) is 0 Å². The minimum atomic E-state index is -0.136. The van der Waals surface area contributed by atoms with Gasteiger partial charge < -0.3 is 14.7 Å². The second-order valence-corrected chi connectivity index (χ2v) is 4.92. The van der Waals surface area contributed by atoms with Crippen molar-refractivity contribution in [2.45, 2.75) is 19.1 Å². The third-order valence-corrected chi connectivity index (χ3v) is 3.46. The Labute approximate surface area is 98.4 Å². The lowest BCUT2D eigenvalue weighted by molar-refractivity contribution is -0.0420. The van der Waals surface area contributed by atoms with Gasteiger partial charge in [-0.1, -0.05) is 0 Å². The molecule has 2 atom stereocenters. The fourth-order valence-corrected chi connectivity index (χ4v) is 2.65. The molecular formula is C11H15NO3S. The molecule has 1 aromatic rings. The first kappa shape index (κ1) is 11.6. The number of carbonyl (C=O) groups is 1. The minimum absolute atomic E-state index is 0.0332. The number of thiophene rings is 1. The molecule has 0 aliphatic carbocycles. The lowest BCUT2D eigenvalue weighted by Crippen LogP contribution is -2.47. The molecule has 1 fully saturated rings. The summed E-state index contributed by atoms with van der Waals surface area (Å²) in [4.78, 5) is 13.5. The van der Waals surface area contributed by atoms with Crippen molar-refractivity contribution < 1.29 is 14.6 Å². The quantitative estimate of drug-likeness (QED) is 0.806. The Morgan fingerprint density at radius 2 is 2.50 bits per heavy atom. The molecule has 0 amide bonds. The molecule has 1 aliphatic rings. The first-order valence-corrected chi connectivity index (χ1v) is 6.16. The van der Waals surface area contributed by atoms with Crippen LogP contribution in [-0.2, 0) is 4.74 Å². The molecule has 0 spiro atoms. The van der Waals surface area contributed by atoms with Gasteiger partial charge in [0, 0.05) is 24.2 Å². The van der Waals surface area contributed by atoms with Gasteiger partial charge in [0.15, 0.2) is 6.29 Å². The van der Waals surface area contributed by atoms with Crippen molar-refractivity contribution in [1.29, 1.82) is 0 Å². The third-order valence-electron chi connectivity index (χ3n) is 2.62. The van der Waals surface area contributed by atoms with E-state index < -0.39 is 0 Å².